The van der Waals surface area contributed by atoms with Crippen LogP contribution < -0.4 is 5.73 Å². The summed E-state index contributed by atoms with van der Waals surface area (Å²) >= 11 is 0. The van der Waals surface area contributed by atoms with E-state index in [1.54, 1.807) is 0 Å². The maximum absolute atomic E-state index is 6.75. The Labute approximate surface area is 153 Å². The average molecular weight is 356 g/mol. The third kappa shape index (κ3) is 3.69. The highest BCUT2D eigenvalue weighted by molar-refractivity contribution is 6.74. The zero-order valence-electron chi connectivity index (χ0n) is 16.6. The molecule has 0 heterocycles. The van der Waals surface area contributed by atoms with Gasteiger partial charge in [0, 0.05) is 6.04 Å². The van der Waals surface area contributed by atoms with E-state index < -0.39 is 8.32 Å². The van der Waals surface area contributed by atoms with Crippen LogP contribution in [0.5, 0.6) is 0 Å². The number of fused-ring (bicyclic) bond motifs is 3. The molecule has 0 fully saturated rings. The molecule has 1 aliphatic rings. The van der Waals surface area contributed by atoms with E-state index in [1.807, 2.05) is 0 Å². The first-order valence-corrected chi connectivity index (χ1v) is 12.5. The first-order chi connectivity index (χ1) is 11.6. The quantitative estimate of drug-likeness (QED) is 0.710. The highest BCUT2D eigenvalue weighted by Gasteiger charge is 2.40. The SMILES string of the molecule is CC(N)Cc1ccc2ccc3c(c2c1)CCC3O[Si](C)(C)C(C)(C)C. The number of benzene rings is 2. The van der Waals surface area contributed by atoms with Gasteiger partial charge in [-0.2, -0.15) is 0 Å². The topological polar surface area (TPSA) is 35.2 Å². The van der Waals surface area contributed by atoms with Gasteiger partial charge in [-0.1, -0.05) is 51.1 Å². The van der Waals surface area contributed by atoms with Gasteiger partial charge in [-0.05, 0) is 71.8 Å². The maximum atomic E-state index is 6.75. The molecule has 0 aliphatic heterocycles. The maximum Gasteiger partial charge on any atom is 0.192 e. The lowest BCUT2D eigenvalue weighted by Crippen LogP contribution is -2.41. The van der Waals surface area contributed by atoms with Gasteiger partial charge in [0.2, 0.25) is 0 Å². The zero-order chi connectivity index (χ0) is 18.4. The van der Waals surface area contributed by atoms with Crippen molar-refractivity contribution in [2.24, 2.45) is 5.73 Å². The van der Waals surface area contributed by atoms with Gasteiger partial charge in [-0.25, -0.2) is 0 Å². The number of rotatable bonds is 4. The molecule has 3 heteroatoms. The summed E-state index contributed by atoms with van der Waals surface area (Å²) in [5.41, 5.74) is 10.2. The minimum atomic E-state index is -1.76. The standard InChI is InChI=1S/C22H33NOSi/c1-15(23)13-16-7-8-17-9-10-19-18(20(17)14-16)11-12-21(19)24-25(5,6)22(2,3)4/h7-10,14-15,21H,11-13,23H2,1-6H3. The summed E-state index contributed by atoms with van der Waals surface area (Å²) in [5, 5.41) is 2.98. The number of hydrogen-bond donors (Lipinski definition) is 1. The van der Waals surface area contributed by atoms with Gasteiger partial charge in [-0.3, -0.25) is 0 Å². The summed E-state index contributed by atoms with van der Waals surface area (Å²) < 4.78 is 6.75. The molecule has 3 rings (SSSR count). The molecular formula is C22H33NOSi. The van der Waals surface area contributed by atoms with Gasteiger partial charge in [0.25, 0.3) is 0 Å². The zero-order valence-corrected chi connectivity index (χ0v) is 17.6. The lowest BCUT2D eigenvalue weighted by Gasteiger charge is -2.38. The van der Waals surface area contributed by atoms with Gasteiger partial charge < -0.3 is 10.2 Å². The fourth-order valence-electron chi connectivity index (χ4n) is 3.61. The van der Waals surface area contributed by atoms with E-state index in [4.69, 9.17) is 10.2 Å². The van der Waals surface area contributed by atoms with Crippen LogP contribution in [-0.4, -0.2) is 14.4 Å². The van der Waals surface area contributed by atoms with Crippen molar-refractivity contribution in [3.63, 3.8) is 0 Å². The molecule has 2 unspecified atom stereocenters. The van der Waals surface area contributed by atoms with Crippen molar-refractivity contribution >= 4 is 19.1 Å². The molecule has 0 amide bonds. The Balaban J connectivity index is 1.96. The smallest absolute Gasteiger partial charge is 0.192 e. The first kappa shape index (κ1) is 18.6. The molecule has 0 saturated carbocycles. The van der Waals surface area contributed by atoms with Crippen LogP contribution in [0.4, 0.5) is 0 Å². The molecule has 2 atom stereocenters. The highest BCUT2D eigenvalue weighted by atomic mass is 28.4. The molecule has 2 aromatic carbocycles. The monoisotopic (exact) mass is 355 g/mol. The fraction of sp³-hybridized carbons (Fsp3) is 0.545. The molecule has 0 bridgehead atoms. The molecule has 1 aliphatic carbocycles. The van der Waals surface area contributed by atoms with E-state index in [1.165, 1.54) is 27.5 Å². The summed E-state index contributed by atoms with van der Waals surface area (Å²) in [5.74, 6) is 0. The summed E-state index contributed by atoms with van der Waals surface area (Å²) in [7, 11) is -1.76. The Morgan fingerprint density at radius 2 is 1.88 bits per heavy atom. The molecule has 25 heavy (non-hydrogen) atoms. The molecule has 0 radical (unpaired) electrons. The normalized spacial score (nSPS) is 19.2. The summed E-state index contributed by atoms with van der Waals surface area (Å²) in [6.07, 6.45) is 3.42. The van der Waals surface area contributed by atoms with E-state index in [-0.39, 0.29) is 17.2 Å². The molecular weight excluding hydrogens is 322 g/mol. The van der Waals surface area contributed by atoms with Crippen LogP contribution in [0, 0.1) is 0 Å². The molecule has 0 aromatic heterocycles. The van der Waals surface area contributed by atoms with Crippen molar-refractivity contribution in [1.29, 1.82) is 0 Å². The third-order valence-electron chi connectivity index (χ3n) is 6.04. The predicted octanol–water partition coefficient (Wildman–Crippen LogP) is 5.74. The summed E-state index contributed by atoms with van der Waals surface area (Å²) in [6, 6.07) is 11.6. The minimum absolute atomic E-state index is 0.198. The lowest BCUT2D eigenvalue weighted by molar-refractivity contribution is 0.185. The Kier molecular flexibility index (Phi) is 4.86. The lowest BCUT2D eigenvalue weighted by atomic mass is 9.97. The van der Waals surface area contributed by atoms with E-state index in [0.29, 0.717) is 0 Å². The Hall–Kier alpha value is -1.16. The van der Waals surface area contributed by atoms with Crippen LogP contribution in [-0.2, 0) is 17.3 Å². The predicted molar refractivity (Wildman–Crippen MR) is 111 cm³/mol. The van der Waals surface area contributed by atoms with Gasteiger partial charge in [-0.15, -0.1) is 0 Å². The van der Waals surface area contributed by atoms with Crippen LogP contribution >= 0.6 is 0 Å². The molecule has 2 aromatic rings. The number of hydrogen-bond acceptors (Lipinski definition) is 2. The van der Waals surface area contributed by atoms with Gasteiger partial charge in [0.1, 0.15) is 0 Å². The average Bonchev–Trinajstić information content (AvgIpc) is 2.88. The van der Waals surface area contributed by atoms with Gasteiger partial charge in [0.05, 0.1) is 6.10 Å². The van der Waals surface area contributed by atoms with Crippen molar-refractivity contribution in [3.8, 4) is 0 Å². The van der Waals surface area contributed by atoms with E-state index in [2.05, 4.69) is 71.1 Å². The van der Waals surface area contributed by atoms with Crippen molar-refractivity contribution < 1.29 is 4.43 Å². The largest absolute Gasteiger partial charge is 0.410 e. The van der Waals surface area contributed by atoms with Crippen LogP contribution in [0.15, 0.2) is 30.3 Å². The van der Waals surface area contributed by atoms with Crippen molar-refractivity contribution in [2.45, 2.75) is 77.2 Å². The van der Waals surface area contributed by atoms with E-state index >= 15 is 0 Å². The van der Waals surface area contributed by atoms with Crippen LogP contribution in [0.1, 0.15) is 56.9 Å². The second kappa shape index (κ2) is 6.53. The molecule has 136 valence electrons. The summed E-state index contributed by atoms with van der Waals surface area (Å²) in [4.78, 5) is 0. The first-order valence-electron chi connectivity index (χ1n) is 9.56. The highest BCUT2D eigenvalue weighted by Crippen LogP contribution is 2.45. The number of aryl methyl sites for hydroxylation is 1. The molecule has 0 saturated heterocycles. The van der Waals surface area contributed by atoms with Crippen LogP contribution in [0.3, 0.4) is 0 Å². The molecule has 2 N–H and O–H groups in total. The van der Waals surface area contributed by atoms with Gasteiger partial charge >= 0.3 is 0 Å². The van der Waals surface area contributed by atoms with Crippen molar-refractivity contribution in [3.05, 3.63) is 47.0 Å². The Morgan fingerprint density at radius 1 is 1.20 bits per heavy atom. The van der Waals surface area contributed by atoms with Crippen molar-refractivity contribution in [1.82, 2.24) is 0 Å². The second-order valence-electron chi connectivity index (χ2n) is 9.28. The number of nitrogens with two attached hydrogens (primary N) is 1. The van der Waals surface area contributed by atoms with Crippen LogP contribution in [0.25, 0.3) is 10.8 Å². The Morgan fingerprint density at radius 3 is 2.52 bits per heavy atom. The van der Waals surface area contributed by atoms with E-state index in [9.17, 15) is 0 Å². The van der Waals surface area contributed by atoms with Crippen LogP contribution in [0.2, 0.25) is 18.1 Å². The second-order valence-corrected chi connectivity index (χ2v) is 14.0. The van der Waals surface area contributed by atoms with Crippen molar-refractivity contribution in [2.75, 3.05) is 0 Å². The Bertz CT molecular complexity index is 773. The third-order valence-corrected chi connectivity index (χ3v) is 10.5. The fourth-order valence-corrected chi connectivity index (χ4v) is 4.92. The minimum Gasteiger partial charge on any atom is -0.410 e. The summed E-state index contributed by atoms with van der Waals surface area (Å²) in [6.45, 7) is 13.7. The van der Waals surface area contributed by atoms with Gasteiger partial charge in [0.15, 0.2) is 8.32 Å². The van der Waals surface area contributed by atoms with E-state index in [0.717, 1.165) is 19.3 Å². The molecule has 0 spiro atoms. The molecule has 2 nitrogen and oxygen atoms in total.